The summed E-state index contributed by atoms with van der Waals surface area (Å²) in [6, 6.07) is 4.61. The number of fused-ring (bicyclic) bond motifs is 1. The highest BCUT2D eigenvalue weighted by atomic mass is 32.2. The number of rotatable bonds is 11. The van der Waals surface area contributed by atoms with Crippen molar-refractivity contribution in [3.8, 4) is 11.4 Å². The van der Waals surface area contributed by atoms with Crippen molar-refractivity contribution >= 4 is 30.0 Å². The summed E-state index contributed by atoms with van der Waals surface area (Å²) in [7, 11) is 5.39. The minimum absolute atomic E-state index is 0.00904. The number of aromatic nitrogens is 4. The van der Waals surface area contributed by atoms with Crippen LogP contribution in [0.2, 0.25) is 0 Å². The largest absolute Gasteiger partial charge is 0.458 e. The van der Waals surface area contributed by atoms with Crippen LogP contribution in [0, 0.1) is 17.8 Å². The number of nitrogens with zero attached hydrogens (tertiary/aromatic N) is 6. The fourth-order valence-corrected chi connectivity index (χ4v) is 9.25. The number of amides is 1. The number of cyclic esters (lactones) is 1. The van der Waals surface area contributed by atoms with Crippen molar-refractivity contribution in [1.82, 2.24) is 35.1 Å². The Morgan fingerprint density at radius 2 is 1.77 bits per heavy atom. The summed E-state index contributed by atoms with van der Waals surface area (Å²) < 4.78 is 43.5. The number of aryl methyl sites for hydroxylation is 1. The molecule has 0 bridgehead atoms. The van der Waals surface area contributed by atoms with Gasteiger partial charge in [-0.1, -0.05) is 32.1 Å². The van der Waals surface area contributed by atoms with Crippen LogP contribution in [0.15, 0.2) is 30.6 Å². The molecule has 4 unspecified atom stereocenters. The quantitative estimate of drug-likeness (QED) is 0.168. The second-order valence-corrected chi connectivity index (χ2v) is 17.8. The van der Waals surface area contributed by atoms with E-state index in [1.165, 1.54) is 13.2 Å². The van der Waals surface area contributed by atoms with Gasteiger partial charge in [0, 0.05) is 62.8 Å². The second kappa shape index (κ2) is 22.4. The molecular formula is C43H70FN7O9S. The molecule has 0 aromatic carbocycles. The minimum Gasteiger partial charge on any atom is -0.458 e. The maximum absolute atomic E-state index is 14.4. The molecule has 3 aliphatic heterocycles. The Bertz CT molecular complexity index is 1710. The molecule has 1 amide bonds. The first-order valence-electron chi connectivity index (χ1n) is 21.5. The van der Waals surface area contributed by atoms with Crippen LogP contribution in [0.3, 0.4) is 0 Å². The van der Waals surface area contributed by atoms with Crippen molar-refractivity contribution in [3.05, 3.63) is 30.6 Å². The molecule has 2 aromatic rings. The summed E-state index contributed by atoms with van der Waals surface area (Å²) in [5, 5.41) is 23.6. The maximum Gasteiger partial charge on any atom is 0.410 e. The highest BCUT2D eigenvalue weighted by molar-refractivity contribution is 7.93. The number of ketones is 1. The van der Waals surface area contributed by atoms with Gasteiger partial charge in [0.05, 0.1) is 35.7 Å². The average molecular weight is 880 g/mol. The third kappa shape index (κ3) is 12.1. The van der Waals surface area contributed by atoms with Gasteiger partial charge in [-0.25, -0.2) is 4.79 Å². The van der Waals surface area contributed by atoms with Crippen LogP contribution >= 0.6 is 12.1 Å². The Labute approximate surface area is 365 Å². The van der Waals surface area contributed by atoms with E-state index in [1.54, 1.807) is 29.8 Å². The van der Waals surface area contributed by atoms with Gasteiger partial charge in [0.15, 0.2) is 17.7 Å². The molecule has 0 aliphatic carbocycles. The number of carbonyl (C=O) groups is 3. The lowest BCUT2D eigenvalue weighted by Crippen LogP contribution is -2.61. The van der Waals surface area contributed by atoms with E-state index in [-0.39, 0.29) is 36.3 Å². The van der Waals surface area contributed by atoms with Crippen molar-refractivity contribution in [1.29, 1.82) is 0 Å². The summed E-state index contributed by atoms with van der Waals surface area (Å²) in [4.78, 5) is 50.2. The number of aliphatic hydroxyl groups is 1. The van der Waals surface area contributed by atoms with Crippen molar-refractivity contribution in [3.63, 3.8) is 0 Å². The number of methoxy groups -OCH3 is 1. The van der Waals surface area contributed by atoms with Gasteiger partial charge < -0.3 is 39.0 Å². The lowest BCUT2D eigenvalue weighted by Gasteiger charge is -2.46. The molecule has 0 spiro atoms. The van der Waals surface area contributed by atoms with Crippen molar-refractivity contribution in [2.24, 2.45) is 17.8 Å². The van der Waals surface area contributed by atoms with E-state index in [0.29, 0.717) is 51.0 Å². The zero-order chi connectivity index (χ0) is 45.2. The standard InChI is InChI=1S/C42H67N7O9.CH3FS/c1-12-33-42(8)36(49(40(53)58-42)20-16-15-19-48-24-31(45-46-48)30-17-13-14-18-43-30)29(6)44-23-25(2)22-41(7,54-11)37(27(4)34(50)28(5)38(52)56-33)57-39-35(51)32(47(9)10)21-26(3)55-39;1-3-2/h13-14,17-18,24-29,32-33,35-37,39,44,51H,12,15-16,19-23H2,1-11H3;1H3/t25-,26?,27-,28?,29-,32?,33-,35?,36-,37-,39+,41-,42-;/m1./s1. The molecule has 3 saturated heterocycles. The zero-order valence-electron chi connectivity index (χ0n) is 38.1. The Morgan fingerprint density at radius 1 is 1.08 bits per heavy atom. The summed E-state index contributed by atoms with van der Waals surface area (Å²) in [6.07, 6.45) is 3.30. The molecule has 2 N–H and O–H groups in total. The zero-order valence-corrected chi connectivity index (χ0v) is 38.9. The number of pyridine rings is 1. The molecule has 3 aliphatic rings. The van der Waals surface area contributed by atoms with Gasteiger partial charge in [0.25, 0.3) is 0 Å². The van der Waals surface area contributed by atoms with Crippen LogP contribution in [0.1, 0.15) is 87.5 Å². The number of hydrogen-bond donors (Lipinski definition) is 2. The smallest absolute Gasteiger partial charge is 0.410 e. The second-order valence-electron chi connectivity index (χ2n) is 17.5. The monoisotopic (exact) mass is 879 g/mol. The van der Waals surface area contributed by atoms with E-state index in [9.17, 15) is 23.4 Å². The summed E-state index contributed by atoms with van der Waals surface area (Å²) in [5.74, 6) is -3.15. The number of Topliss-reactive ketones (excluding diaryl/α,β-unsaturated/α-hetero) is 1. The van der Waals surface area contributed by atoms with Crippen LogP contribution in [0.5, 0.6) is 0 Å². The van der Waals surface area contributed by atoms with Gasteiger partial charge in [-0.05, 0) is 105 Å². The first-order chi connectivity index (χ1) is 28.8. The van der Waals surface area contributed by atoms with Gasteiger partial charge in [-0.3, -0.25) is 24.2 Å². The van der Waals surface area contributed by atoms with Crippen LogP contribution < -0.4 is 5.32 Å². The highest BCUT2D eigenvalue weighted by Gasteiger charge is 2.58. The van der Waals surface area contributed by atoms with E-state index >= 15 is 0 Å². The van der Waals surface area contributed by atoms with Crippen LogP contribution in [0.25, 0.3) is 11.4 Å². The van der Waals surface area contributed by atoms with Crippen molar-refractivity contribution < 1.29 is 47.1 Å². The Balaban J connectivity index is 0.00000265. The number of esters is 1. The van der Waals surface area contributed by atoms with Gasteiger partial charge in [-0.2, -0.15) is 3.89 Å². The molecule has 0 radical (unpaired) electrons. The first-order valence-corrected chi connectivity index (χ1v) is 22.6. The van der Waals surface area contributed by atoms with E-state index in [1.807, 2.05) is 78.0 Å². The summed E-state index contributed by atoms with van der Waals surface area (Å²) >= 11 is 0.250. The molecule has 0 saturated carbocycles. The van der Waals surface area contributed by atoms with Crippen LogP contribution in [-0.4, -0.2) is 153 Å². The van der Waals surface area contributed by atoms with Gasteiger partial charge in [0.1, 0.15) is 23.8 Å². The molecule has 18 heteroatoms. The molecule has 2 aromatic heterocycles. The lowest BCUT2D eigenvalue weighted by atomic mass is 9.78. The maximum atomic E-state index is 14.4. The van der Waals surface area contributed by atoms with Crippen molar-refractivity contribution in [2.45, 2.75) is 154 Å². The molecule has 61 heavy (non-hydrogen) atoms. The molecule has 5 heterocycles. The number of ether oxygens (including phenoxy) is 5. The third-order valence-corrected chi connectivity index (χ3v) is 12.6. The van der Waals surface area contributed by atoms with E-state index in [2.05, 4.69) is 27.5 Å². The number of halogens is 1. The van der Waals surface area contributed by atoms with Crippen LogP contribution in [0.4, 0.5) is 8.68 Å². The summed E-state index contributed by atoms with van der Waals surface area (Å²) in [6.45, 7) is 16.4. The fourth-order valence-electron chi connectivity index (χ4n) is 9.25. The first kappa shape index (κ1) is 50.4. The van der Waals surface area contributed by atoms with Crippen LogP contribution in [-0.2, 0) is 39.8 Å². The Morgan fingerprint density at radius 3 is 2.39 bits per heavy atom. The van der Waals surface area contributed by atoms with Gasteiger partial charge in [0.2, 0.25) is 0 Å². The Kier molecular flexibility index (Phi) is 18.5. The predicted octanol–water partition coefficient (Wildman–Crippen LogP) is 5.33. The molecule has 13 atom stereocenters. The number of likely N-dealkylation sites (N-methyl/N-ethyl adjacent to an activating group) is 1. The van der Waals surface area contributed by atoms with E-state index in [0.717, 1.165) is 12.1 Å². The fraction of sp³-hybridized carbons (Fsp3) is 0.767. The predicted molar refractivity (Wildman–Crippen MR) is 230 cm³/mol. The Hall–Kier alpha value is -3.26. The molecule has 5 rings (SSSR count). The highest BCUT2D eigenvalue weighted by Crippen LogP contribution is 2.40. The molecule has 344 valence electrons. The SMILES string of the molecule is CC[C@H]1OC(=O)C(C)C(=O)[C@@H](C)[C@@H](O[C@@H]2OC(C)CC(N(C)C)C2O)[C@](C)(OC)C[C@@H](C)CN[C@H](C)[C@H]2N(CCCCn3cc(-c4ccccn4)nn3)C(=O)O[C@]12C.CSF. The number of nitrogens with one attached hydrogen (secondary N) is 1. The van der Waals surface area contributed by atoms with Gasteiger partial charge in [-0.15, -0.1) is 5.10 Å². The third-order valence-electron chi connectivity index (χ3n) is 12.6. The van der Waals surface area contributed by atoms with Crippen molar-refractivity contribution in [2.75, 3.05) is 40.6 Å². The number of carbonyl (C=O) groups excluding carboxylic acids is 3. The molecular weight excluding hydrogens is 810 g/mol. The lowest BCUT2D eigenvalue weighted by molar-refractivity contribution is -0.295. The van der Waals surface area contributed by atoms with Gasteiger partial charge >= 0.3 is 12.1 Å². The molecule has 16 nitrogen and oxygen atoms in total. The number of aliphatic hydroxyl groups excluding tert-OH is 1. The van der Waals surface area contributed by atoms with E-state index in [4.69, 9.17) is 23.7 Å². The minimum atomic E-state index is -1.23. The average Bonchev–Trinajstić information content (AvgIpc) is 3.81. The number of unbranched alkanes of at least 4 members (excludes halogenated alkanes) is 1. The topological polar surface area (TPSA) is 180 Å². The van der Waals surface area contributed by atoms with E-state index < -0.39 is 71.5 Å². The molecule has 3 fully saturated rings. The number of hydrogen-bond acceptors (Lipinski definition) is 15. The normalized spacial score (nSPS) is 35.4. The summed E-state index contributed by atoms with van der Waals surface area (Å²) in [5.41, 5.74) is -0.833.